The molecule has 0 aliphatic rings. The van der Waals surface area contributed by atoms with Crippen molar-refractivity contribution in [2.75, 3.05) is 13.7 Å². The van der Waals surface area contributed by atoms with Crippen LogP contribution in [0.4, 0.5) is 4.39 Å². The van der Waals surface area contributed by atoms with Crippen LogP contribution in [0, 0.1) is 17.7 Å². The summed E-state index contributed by atoms with van der Waals surface area (Å²) in [5.74, 6) is -0.489. The van der Waals surface area contributed by atoms with E-state index in [1.54, 1.807) is 12.1 Å². The molecule has 0 fully saturated rings. The zero-order valence-corrected chi connectivity index (χ0v) is 10.3. The van der Waals surface area contributed by atoms with Crippen LogP contribution in [0.15, 0.2) is 24.3 Å². The molecule has 1 rings (SSSR count). The van der Waals surface area contributed by atoms with E-state index in [2.05, 4.69) is 0 Å². The number of benzene rings is 1. The lowest BCUT2D eigenvalue weighted by Crippen LogP contribution is -2.27. The van der Waals surface area contributed by atoms with Crippen LogP contribution >= 0.6 is 0 Å². The summed E-state index contributed by atoms with van der Waals surface area (Å²) in [4.78, 5) is 11.5. The molecule has 0 spiro atoms. The normalized spacial score (nSPS) is 12.3. The van der Waals surface area contributed by atoms with Gasteiger partial charge in [-0.2, -0.15) is 0 Å². The van der Waals surface area contributed by atoms with Gasteiger partial charge in [0.25, 0.3) is 0 Å². The molecule has 0 heterocycles. The minimum Gasteiger partial charge on any atom is -0.493 e. The highest BCUT2D eigenvalue weighted by molar-refractivity contribution is 5.72. The Hall–Kier alpha value is -1.58. The molecular weight excluding hydrogens is 223 g/mol. The fourth-order valence-corrected chi connectivity index (χ4v) is 1.43. The van der Waals surface area contributed by atoms with Crippen molar-refractivity contribution in [3.05, 3.63) is 30.1 Å². The Bertz CT molecular complexity index is 377. The lowest BCUT2D eigenvalue weighted by atomic mass is 9.97. The first-order valence-electron chi connectivity index (χ1n) is 5.50. The number of esters is 1. The van der Waals surface area contributed by atoms with Gasteiger partial charge in [-0.3, -0.25) is 4.79 Å². The van der Waals surface area contributed by atoms with Crippen molar-refractivity contribution in [2.45, 2.75) is 13.8 Å². The summed E-state index contributed by atoms with van der Waals surface area (Å²) in [6, 6.07) is 5.84. The molecule has 4 heteroatoms. The SMILES string of the molecule is COC(=O)C(COc1cccc(F)c1)C(C)C. The fraction of sp³-hybridized carbons (Fsp3) is 0.462. The van der Waals surface area contributed by atoms with Gasteiger partial charge in [0.2, 0.25) is 0 Å². The van der Waals surface area contributed by atoms with E-state index in [0.717, 1.165) is 0 Å². The van der Waals surface area contributed by atoms with Gasteiger partial charge in [-0.1, -0.05) is 19.9 Å². The maximum Gasteiger partial charge on any atom is 0.312 e. The molecular formula is C13H17FO3. The molecule has 1 atom stereocenters. The van der Waals surface area contributed by atoms with Crippen LogP contribution in [0.25, 0.3) is 0 Å². The molecule has 1 aromatic rings. The second-order valence-corrected chi connectivity index (χ2v) is 4.14. The zero-order chi connectivity index (χ0) is 12.8. The summed E-state index contributed by atoms with van der Waals surface area (Å²) in [5, 5.41) is 0. The topological polar surface area (TPSA) is 35.5 Å². The van der Waals surface area contributed by atoms with Crippen LogP contribution < -0.4 is 4.74 Å². The highest BCUT2D eigenvalue weighted by Gasteiger charge is 2.23. The Labute approximate surface area is 101 Å². The number of carbonyl (C=O) groups excluding carboxylic acids is 1. The van der Waals surface area contributed by atoms with Gasteiger partial charge in [0, 0.05) is 6.07 Å². The second-order valence-electron chi connectivity index (χ2n) is 4.14. The van der Waals surface area contributed by atoms with Crippen molar-refractivity contribution in [3.8, 4) is 5.75 Å². The first-order valence-corrected chi connectivity index (χ1v) is 5.50. The van der Waals surface area contributed by atoms with Gasteiger partial charge in [0.05, 0.1) is 13.0 Å². The molecule has 17 heavy (non-hydrogen) atoms. The number of ether oxygens (including phenoxy) is 2. The average molecular weight is 240 g/mol. The summed E-state index contributed by atoms with van der Waals surface area (Å²) < 4.78 is 23.0. The molecule has 3 nitrogen and oxygen atoms in total. The number of halogens is 1. The van der Waals surface area contributed by atoms with Crippen molar-refractivity contribution in [3.63, 3.8) is 0 Å². The van der Waals surface area contributed by atoms with Gasteiger partial charge in [-0.05, 0) is 18.1 Å². The molecule has 0 aromatic heterocycles. The van der Waals surface area contributed by atoms with Crippen LogP contribution in [0.3, 0.4) is 0 Å². The Morgan fingerprint density at radius 2 is 2.12 bits per heavy atom. The standard InChI is InChI=1S/C13H17FO3/c1-9(2)12(13(15)16-3)8-17-11-6-4-5-10(14)7-11/h4-7,9,12H,8H2,1-3H3. The molecule has 0 radical (unpaired) electrons. The van der Waals surface area contributed by atoms with Crippen molar-refractivity contribution in [2.24, 2.45) is 11.8 Å². The summed E-state index contributed by atoms with van der Waals surface area (Å²) in [5.41, 5.74) is 0. The number of hydrogen-bond donors (Lipinski definition) is 0. The van der Waals surface area contributed by atoms with Crippen molar-refractivity contribution < 1.29 is 18.7 Å². The molecule has 94 valence electrons. The predicted octanol–water partition coefficient (Wildman–Crippen LogP) is 2.65. The third kappa shape index (κ3) is 4.06. The number of hydrogen-bond acceptors (Lipinski definition) is 3. The van der Waals surface area contributed by atoms with Gasteiger partial charge < -0.3 is 9.47 Å². The first-order chi connectivity index (χ1) is 8.04. The maximum absolute atomic E-state index is 12.9. The predicted molar refractivity (Wildman–Crippen MR) is 62.2 cm³/mol. The van der Waals surface area contributed by atoms with Crippen LogP contribution in [0.2, 0.25) is 0 Å². The molecule has 0 bridgehead atoms. The zero-order valence-electron chi connectivity index (χ0n) is 10.3. The summed E-state index contributed by atoms with van der Waals surface area (Å²) in [7, 11) is 1.35. The molecule has 1 aromatic carbocycles. The van der Waals surface area contributed by atoms with Crippen molar-refractivity contribution in [1.82, 2.24) is 0 Å². The van der Waals surface area contributed by atoms with Crippen LogP contribution in [0.5, 0.6) is 5.75 Å². The molecule has 0 saturated heterocycles. The Balaban J connectivity index is 2.61. The van der Waals surface area contributed by atoms with Gasteiger partial charge in [-0.15, -0.1) is 0 Å². The number of rotatable bonds is 5. The first kappa shape index (κ1) is 13.5. The Morgan fingerprint density at radius 3 is 2.65 bits per heavy atom. The van der Waals surface area contributed by atoms with E-state index in [4.69, 9.17) is 9.47 Å². The van der Waals surface area contributed by atoms with Crippen molar-refractivity contribution in [1.29, 1.82) is 0 Å². The monoisotopic (exact) mass is 240 g/mol. The molecule has 0 saturated carbocycles. The van der Waals surface area contributed by atoms with E-state index in [1.165, 1.54) is 19.2 Å². The average Bonchev–Trinajstić information content (AvgIpc) is 2.28. The minimum absolute atomic E-state index is 0.107. The Kier molecular flexibility index (Phi) is 4.94. The highest BCUT2D eigenvalue weighted by atomic mass is 19.1. The summed E-state index contributed by atoms with van der Waals surface area (Å²) >= 11 is 0. The van der Waals surface area contributed by atoms with Gasteiger partial charge in [0.1, 0.15) is 18.2 Å². The summed E-state index contributed by atoms with van der Waals surface area (Å²) in [6.07, 6.45) is 0. The van der Waals surface area contributed by atoms with E-state index in [0.29, 0.717) is 5.75 Å². The second kappa shape index (κ2) is 6.23. The van der Waals surface area contributed by atoms with Crippen LogP contribution in [-0.4, -0.2) is 19.7 Å². The molecule has 1 unspecified atom stereocenters. The number of carbonyl (C=O) groups is 1. The molecule has 0 amide bonds. The van der Waals surface area contributed by atoms with E-state index in [9.17, 15) is 9.18 Å². The van der Waals surface area contributed by atoms with E-state index in [-0.39, 0.29) is 30.2 Å². The van der Waals surface area contributed by atoms with Gasteiger partial charge >= 0.3 is 5.97 Å². The van der Waals surface area contributed by atoms with Crippen LogP contribution in [-0.2, 0) is 9.53 Å². The maximum atomic E-state index is 12.9. The van der Waals surface area contributed by atoms with Crippen molar-refractivity contribution >= 4 is 5.97 Å². The third-order valence-corrected chi connectivity index (χ3v) is 2.53. The highest BCUT2D eigenvalue weighted by Crippen LogP contribution is 2.17. The largest absolute Gasteiger partial charge is 0.493 e. The quantitative estimate of drug-likeness (QED) is 0.742. The number of methoxy groups -OCH3 is 1. The molecule has 0 aliphatic carbocycles. The minimum atomic E-state index is -0.360. The lowest BCUT2D eigenvalue weighted by molar-refractivity contribution is -0.148. The van der Waals surface area contributed by atoms with Crippen LogP contribution in [0.1, 0.15) is 13.8 Å². The van der Waals surface area contributed by atoms with E-state index < -0.39 is 0 Å². The third-order valence-electron chi connectivity index (χ3n) is 2.53. The molecule has 0 aliphatic heterocycles. The lowest BCUT2D eigenvalue weighted by Gasteiger charge is -2.18. The van der Waals surface area contributed by atoms with E-state index >= 15 is 0 Å². The molecule has 0 N–H and O–H groups in total. The fourth-order valence-electron chi connectivity index (χ4n) is 1.43. The Morgan fingerprint density at radius 1 is 1.41 bits per heavy atom. The van der Waals surface area contributed by atoms with Gasteiger partial charge in [-0.25, -0.2) is 4.39 Å². The van der Waals surface area contributed by atoms with Gasteiger partial charge in [0.15, 0.2) is 0 Å². The smallest absolute Gasteiger partial charge is 0.312 e. The van der Waals surface area contributed by atoms with E-state index in [1.807, 2.05) is 13.8 Å². The summed E-state index contributed by atoms with van der Waals surface area (Å²) in [6.45, 7) is 4.01.